The van der Waals surface area contributed by atoms with Gasteiger partial charge < -0.3 is 9.47 Å². The van der Waals surface area contributed by atoms with E-state index in [4.69, 9.17) is 4.74 Å². The second-order valence-corrected chi connectivity index (χ2v) is 13.7. The Morgan fingerprint density at radius 2 is 1.89 bits per heavy atom. The molecule has 0 aliphatic carbocycles. The number of aryl methyl sites for hydroxylation is 1. The van der Waals surface area contributed by atoms with Gasteiger partial charge in [-0.05, 0) is 42.2 Å². The van der Waals surface area contributed by atoms with Crippen LogP contribution in [0.5, 0.6) is 5.75 Å². The number of rotatable bonds is 7. The average molecular weight is 577 g/mol. The van der Waals surface area contributed by atoms with Gasteiger partial charge >= 0.3 is 5.97 Å². The van der Waals surface area contributed by atoms with E-state index >= 15 is 0 Å². The van der Waals surface area contributed by atoms with Crippen molar-refractivity contribution >= 4 is 55.8 Å². The lowest BCUT2D eigenvalue weighted by Gasteiger charge is -2.35. The van der Waals surface area contributed by atoms with Crippen molar-refractivity contribution in [2.45, 2.75) is 48.4 Å². The number of thioether (sulfide) groups is 1. The van der Waals surface area contributed by atoms with E-state index in [2.05, 4.69) is 20.3 Å². The number of benzene rings is 2. The van der Waals surface area contributed by atoms with E-state index in [-0.39, 0.29) is 33.5 Å². The van der Waals surface area contributed by atoms with Gasteiger partial charge in [0.2, 0.25) is 5.13 Å². The number of aromatic nitrogens is 2. The van der Waals surface area contributed by atoms with Gasteiger partial charge in [0, 0.05) is 0 Å². The Morgan fingerprint density at radius 3 is 2.55 bits per heavy atom. The fourth-order valence-electron chi connectivity index (χ4n) is 3.60. The standard InChI is InChI=1S/C25H28N4O6S3/c1-15-6-9-17(10-7-15)38(32,33)29-13-20(35-19-11-8-16(12-18(19)29)25(2,3)4)22(31)26-23-27-28-24(37-23)36-14-21(30)34-5/h6-12,20H,13-14H2,1-5H3,(H,26,27,31)/t20-/m0/s1. The van der Waals surface area contributed by atoms with Gasteiger partial charge in [0.05, 0.1) is 30.0 Å². The molecule has 0 unspecified atom stereocenters. The summed E-state index contributed by atoms with van der Waals surface area (Å²) in [4.78, 5) is 24.7. The zero-order chi connectivity index (χ0) is 27.7. The van der Waals surface area contributed by atoms with Crippen LogP contribution < -0.4 is 14.4 Å². The first-order chi connectivity index (χ1) is 17.9. The molecule has 202 valence electrons. The highest BCUT2D eigenvalue weighted by Crippen LogP contribution is 2.40. The van der Waals surface area contributed by atoms with Crippen molar-refractivity contribution in [3.63, 3.8) is 0 Å². The van der Waals surface area contributed by atoms with E-state index < -0.39 is 28.0 Å². The summed E-state index contributed by atoms with van der Waals surface area (Å²) in [5.74, 6) is -0.634. The van der Waals surface area contributed by atoms with Crippen molar-refractivity contribution in [3.8, 4) is 5.75 Å². The Bertz CT molecular complexity index is 1450. The summed E-state index contributed by atoms with van der Waals surface area (Å²) >= 11 is 2.22. The van der Waals surface area contributed by atoms with Crippen LogP contribution in [0.4, 0.5) is 10.8 Å². The lowest BCUT2D eigenvalue weighted by molar-refractivity contribution is -0.137. The molecule has 3 aromatic rings. The summed E-state index contributed by atoms with van der Waals surface area (Å²) in [7, 11) is -2.71. The predicted molar refractivity (Wildman–Crippen MR) is 147 cm³/mol. The molecule has 10 nitrogen and oxygen atoms in total. The number of carbonyl (C=O) groups is 2. The average Bonchev–Trinajstić information content (AvgIpc) is 3.33. The number of sulfonamides is 1. The van der Waals surface area contributed by atoms with Crippen molar-refractivity contribution in [3.05, 3.63) is 53.6 Å². The van der Waals surface area contributed by atoms with E-state index in [9.17, 15) is 18.0 Å². The molecule has 1 aromatic heterocycles. The maximum Gasteiger partial charge on any atom is 0.316 e. The van der Waals surface area contributed by atoms with E-state index in [0.29, 0.717) is 10.0 Å². The smallest absolute Gasteiger partial charge is 0.316 e. The Morgan fingerprint density at radius 1 is 1.18 bits per heavy atom. The van der Waals surface area contributed by atoms with Gasteiger partial charge in [0.1, 0.15) is 5.75 Å². The van der Waals surface area contributed by atoms with Crippen LogP contribution in [0, 0.1) is 6.92 Å². The summed E-state index contributed by atoms with van der Waals surface area (Å²) in [5.41, 5.74) is 2.00. The van der Waals surface area contributed by atoms with Gasteiger partial charge in [-0.25, -0.2) is 8.42 Å². The molecule has 1 amide bonds. The molecule has 1 aliphatic heterocycles. The number of carbonyl (C=O) groups excluding carboxylic acids is 2. The third-order valence-corrected chi connectivity index (χ3v) is 9.51. The fourth-order valence-corrected chi connectivity index (χ4v) is 6.66. The van der Waals surface area contributed by atoms with E-state index in [0.717, 1.165) is 34.2 Å². The first kappa shape index (κ1) is 27.9. The van der Waals surface area contributed by atoms with Crippen LogP contribution >= 0.6 is 23.1 Å². The van der Waals surface area contributed by atoms with Crippen molar-refractivity contribution < 1.29 is 27.5 Å². The van der Waals surface area contributed by atoms with Gasteiger partial charge in [0.15, 0.2) is 10.4 Å². The quantitative estimate of drug-likeness (QED) is 0.252. The summed E-state index contributed by atoms with van der Waals surface area (Å²) in [5, 5.41) is 10.7. The summed E-state index contributed by atoms with van der Waals surface area (Å²) < 4.78 is 39.9. The first-order valence-corrected chi connectivity index (χ1v) is 14.9. The SMILES string of the molecule is COC(=O)CSc1nnc(NC(=O)[C@@H]2CN(S(=O)(=O)c3ccc(C)cc3)c3cc(C(C)(C)C)ccc3O2)s1. The second kappa shape index (κ2) is 10.9. The molecule has 2 heterocycles. The van der Waals surface area contributed by atoms with Crippen LogP contribution in [0.2, 0.25) is 0 Å². The highest BCUT2D eigenvalue weighted by atomic mass is 32.2. The highest BCUT2D eigenvalue weighted by Gasteiger charge is 2.38. The van der Waals surface area contributed by atoms with Gasteiger partial charge in [-0.2, -0.15) is 0 Å². The van der Waals surface area contributed by atoms with Crippen LogP contribution in [-0.4, -0.2) is 56.0 Å². The predicted octanol–water partition coefficient (Wildman–Crippen LogP) is 4.00. The van der Waals surface area contributed by atoms with Crippen LogP contribution in [0.3, 0.4) is 0 Å². The fraction of sp³-hybridized carbons (Fsp3) is 0.360. The number of hydrogen-bond acceptors (Lipinski definition) is 10. The van der Waals surface area contributed by atoms with Gasteiger partial charge in [-0.3, -0.25) is 19.2 Å². The molecule has 13 heteroatoms. The van der Waals surface area contributed by atoms with Crippen LogP contribution in [-0.2, 0) is 29.8 Å². The van der Waals surface area contributed by atoms with Crippen molar-refractivity contribution in [1.29, 1.82) is 0 Å². The Balaban J connectivity index is 1.62. The number of anilines is 2. The normalized spacial score (nSPS) is 15.4. The number of esters is 1. The molecule has 0 saturated carbocycles. The number of fused-ring (bicyclic) bond motifs is 1. The van der Waals surface area contributed by atoms with Crippen LogP contribution in [0.1, 0.15) is 31.9 Å². The summed E-state index contributed by atoms with van der Waals surface area (Å²) in [6.07, 6.45) is -1.14. The topological polar surface area (TPSA) is 128 Å². The molecule has 1 N–H and O–H groups in total. The Labute approximate surface area is 229 Å². The number of hydrogen-bond donors (Lipinski definition) is 1. The van der Waals surface area contributed by atoms with E-state index in [1.165, 1.54) is 11.4 Å². The molecule has 1 aliphatic rings. The number of amides is 1. The number of nitrogens with one attached hydrogen (secondary N) is 1. The largest absolute Gasteiger partial charge is 0.476 e. The third-order valence-electron chi connectivity index (χ3n) is 5.77. The summed E-state index contributed by atoms with van der Waals surface area (Å²) in [6.45, 7) is 7.75. The zero-order valence-electron chi connectivity index (χ0n) is 21.5. The zero-order valence-corrected chi connectivity index (χ0v) is 24.0. The Hall–Kier alpha value is -3.16. The second-order valence-electron chi connectivity index (χ2n) is 9.62. The van der Waals surface area contributed by atoms with Crippen LogP contribution in [0.15, 0.2) is 51.7 Å². The highest BCUT2D eigenvalue weighted by molar-refractivity contribution is 8.01. The van der Waals surface area contributed by atoms with Gasteiger partial charge in [-0.1, -0.05) is 67.6 Å². The molecule has 1 atom stereocenters. The van der Waals surface area contributed by atoms with Crippen molar-refractivity contribution in [2.24, 2.45) is 0 Å². The minimum absolute atomic E-state index is 0.0595. The molecule has 0 spiro atoms. The molecule has 0 fully saturated rings. The van der Waals surface area contributed by atoms with Gasteiger partial charge in [-0.15, -0.1) is 10.2 Å². The van der Waals surface area contributed by atoms with E-state index in [1.807, 2.05) is 33.8 Å². The maximum absolute atomic E-state index is 13.8. The minimum Gasteiger partial charge on any atom is -0.476 e. The molecule has 4 rings (SSSR count). The number of nitrogens with zero attached hydrogens (tertiary/aromatic N) is 3. The molecular weight excluding hydrogens is 548 g/mol. The monoisotopic (exact) mass is 576 g/mol. The number of methoxy groups -OCH3 is 1. The molecule has 0 saturated heterocycles. The minimum atomic E-state index is -4.01. The number of ether oxygens (including phenoxy) is 2. The molecule has 0 bridgehead atoms. The maximum atomic E-state index is 13.8. The molecule has 38 heavy (non-hydrogen) atoms. The Kier molecular flexibility index (Phi) is 8.00. The van der Waals surface area contributed by atoms with Crippen molar-refractivity contribution in [2.75, 3.05) is 29.0 Å². The first-order valence-electron chi connectivity index (χ1n) is 11.6. The van der Waals surface area contributed by atoms with E-state index in [1.54, 1.807) is 36.4 Å². The van der Waals surface area contributed by atoms with Gasteiger partial charge in [0.25, 0.3) is 15.9 Å². The summed E-state index contributed by atoms with van der Waals surface area (Å²) in [6, 6.07) is 11.9. The molecular formula is C25H28N4O6S3. The lowest BCUT2D eigenvalue weighted by atomic mass is 9.86. The van der Waals surface area contributed by atoms with Crippen LogP contribution in [0.25, 0.3) is 0 Å². The molecule has 0 radical (unpaired) electrons. The van der Waals surface area contributed by atoms with Crippen molar-refractivity contribution in [1.82, 2.24) is 10.2 Å². The third kappa shape index (κ3) is 6.11. The molecule has 2 aromatic carbocycles. The lowest BCUT2D eigenvalue weighted by Crippen LogP contribution is -2.49.